The molecule has 0 aliphatic rings. The van der Waals surface area contributed by atoms with E-state index in [0.717, 1.165) is 5.56 Å². The lowest BCUT2D eigenvalue weighted by atomic mass is 10.1. The van der Waals surface area contributed by atoms with Crippen molar-refractivity contribution in [1.82, 2.24) is 25.4 Å². The summed E-state index contributed by atoms with van der Waals surface area (Å²) in [6, 6.07) is 6.52. The summed E-state index contributed by atoms with van der Waals surface area (Å²) >= 11 is 1.20. The number of aromatic nitrogens is 5. The van der Waals surface area contributed by atoms with Crippen molar-refractivity contribution in [1.29, 1.82) is 0 Å². The van der Waals surface area contributed by atoms with E-state index in [2.05, 4.69) is 25.4 Å². The molecule has 30 heavy (non-hydrogen) atoms. The second-order valence-corrected chi connectivity index (χ2v) is 7.02. The number of aryl methyl sites for hydroxylation is 1. The molecule has 1 aromatic carbocycles. The number of alkyl halides is 2. The van der Waals surface area contributed by atoms with Crippen LogP contribution in [0.4, 0.5) is 8.78 Å². The summed E-state index contributed by atoms with van der Waals surface area (Å²) in [4.78, 5) is 20.2. The number of aromatic amines is 1. The first-order chi connectivity index (χ1) is 14.4. The van der Waals surface area contributed by atoms with E-state index in [4.69, 9.17) is 9.47 Å². The van der Waals surface area contributed by atoms with Gasteiger partial charge < -0.3 is 9.47 Å². The highest BCUT2D eigenvalue weighted by Crippen LogP contribution is 2.32. The number of hydrogen-bond donors (Lipinski definition) is 1. The Bertz CT molecular complexity index is 1040. The molecule has 1 N–H and O–H groups in total. The van der Waals surface area contributed by atoms with Crippen LogP contribution < -0.4 is 4.74 Å². The summed E-state index contributed by atoms with van der Waals surface area (Å²) in [6.45, 7) is 3.56. The van der Waals surface area contributed by atoms with Gasteiger partial charge in [0, 0.05) is 22.6 Å². The molecule has 2 aromatic heterocycles. The lowest BCUT2D eigenvalue weighted by Gasteiger charge is -2.11. The Kier molecular flexibility index (Phi) is 6.93. The SMILES string of the molecule is CCOC(=O)c1n[nH]nc1-c1ccc(OC)c(CSc2nc(C)cc(C(F)F)n2)c1. The lowest BCUT2D eigenvalue weighted by molar-refractivity contribution is 0.0520. The van der Waals surface area contributed by atoms with Gasteiger partial charge in [-0.25, -0.2) is 23.5 Å². The monoisotopic (exact) mass is 435 g/mol. The number of nitrogens with zero attached hydrogens (tertiary/aromatic N) is 4. The van der Waals surface area contributed by atoms with Crippen molar-refractivity contribution in [2.45, 2.75) is 31.2 Å². The van der Waals surface area contributed by atoms with Gasteiger partial charge in [0.25, 0.3) is 6.43 Å². The molecule has 0 unspecified atom stereocenters. The van der Waals surface area contributed by atoms with Crippen molar-refractivity contribution in [2.24, 2.45) is 0 Å². The Labute approximate surface area is 175 Å². The van der Waals surface area contributed by atoms with Crippen LogP contribution in [0.15, 0.2) is 29.4 Å². The Morgan fingerprint density at radius 3 is 2.73 bits per heavy atom. The number of hydrogen-bond acceptors (Lipinski definition) is 8. The number of carbonyl (C=O) groups excluding carboxylic acids is 1. The Morgan fingerprint density at radius 1 is 1.23 bits per heavy atom. The highest BCUT2D eigenvalue weighted by atomic mass is 32.2. The fourth-order valence-electron chi connectivity index (χ4n) is 2.70. The minimum Gasteiger partial charge on any atom is -0.496 e. The molecule has 3 aromatic rings. The van der Waals surface area contributed by atoms with Gasteiger partial charge in [-0.1, -0.05) is 11.8 Å². The number of rotatable bonds is 8. The quantitative estimate of drug-likeness (QED) is 0.322. The maximum Gasteiger partial charge on any atom is 0.361 e. The van der Waals surface area contributed by atoms with Crippen LogP contribution in [0.25, 0.3) is 11.3 Å². The van der Waals surface area contributed by atoms with Crippen LogP contribution >= 0.6 is 11.8 Å². The summed E-state index contributed by atoms with van der Waals surface area (Å²) in [5.41, 5.74) is 1.94. The van der Waals surface area contributed by atoms with Crippen molar-refractivity contribution in [3.63, 3.8) is 0 Å². The van der Waals surface area contributed by atoms with E-state index in [0.29, 0.717) is 28.5 Å². The first kappa shape index (κ1) is 21.6. The molecule has 0 bridgehead atoms. The first-order valence-corrected chi connectivity index (χ1v) is 9.93. The fourth-order valence-corrected chi connectivity index (χ4v) is 3.58. The van der Waals surface area contributed by atoms with Crippen LogP contribution in [0.2, 0.25) is 0 Å². The highest BCUT2D eigenvalue weighted by Gasteiger charge is 2.20. The highest BCUT2D eigenvalue weighted by molar-refractivity contribution is 7.98. The van der Waals surface area contributed by atoms with Crippen LogP contribution in [0.5, 0.6) is 5.75 Å². The van der Waals surface area contributed by atoms with Gasteiger partial charge in [-0.3, -0.25) is 0 Å². The van der Waals surface area contributed by atoms with Crippen molar-refractivity contribution >= 4 is 17.7 Å². The molecule has 0 spiro atoms. The number of ether oxygens (including phenoxy) is 2. The number of nitrogens with one attached hydrogen (secondary N) is 1. The van der Waals surface area contributed by atoms with E-state index >= 15 is 0 Å². The van der Waals surface area contributed by atoms with Gasteiger partial charge in [-0.2, -0.15) is 10.3 Å². The number of benzene rings is 1. The number of H-pyrrole nitrogens is 1. The van der Waals surface area contributed by atoms with Gasteiger partial charge >= 0.3 is 5.97 Å². The predicted molar refractivity (Wildman–Crippen MR) is 106 cm³/mol. The smallest absolute Gasteiger partial charge is 0.361 e. The molecule has 0 saturated carbocycles. The van der Waals surface area contributed by atoms with Crippen molar-refractivity contribution in [3.8, 4) is 17.0 Å². The molecule has 0 aliphatic carbocycles. The number of halogens is 2. The van der Waals surface area contributed by atoms with Crippen LogP contribution in [0.3, 0.4) is 0 Å². The normalized spacial score (nSPS) is 11.0. The maximum absolute atomic E-state index is 13.0. The van der Waals surface area contributed by atoms with E-state index in [1.165, 1.54) is 24.9 Å². The largest absolute Gasteiger partial charge is 0.496 e. The Hall–Kier alpha value is -3.08. The van der Waals surface area contributed by atoms with Crippen molar-refractivity contribution < 1.29 is 23.0 Å². The van der Waals surface area contributed by atoms with Gasteiger partial charge in [0.15, 0.2) is 10.9 Å². The van der Waals surface area contributed by atoms with Crippen LogP contribution in [-0.2, 0) is 10.5 Å². The number of methoxy groups -OCH3 is 1. The van der Waals surface area contributed by atoms with Gasteiger partial charge in [-0.15, -0.1) is 5.10 Å². The van der Waals surface area contributed by atoms with Crippen molar-refractivity contribution in [2.75, 3.05) is 13.7 Å². The molecular formula is C19H19F2N5O3S. The molecule has 2 heterocycles. The molecule has 0 atom stereocenters. The summed E-state index contributed by atoms with van der Waals surface area (Å²) < 4.78 is 36.4. The van der Waals surface area contributed by atoms with Gasteiger partial charge in [0.1, 0.15) is 17.1 Å². The van der Waals surface area contributed by atoms with Crippen molar-refractivity contribution in [3.05, 3.63) is 46.9 Å². The van der Waals surface area contributed by atoms with Crippen LogP contribution in [-0.4, -0.2) is 45.1 Å². The second-order valence-electron chi connectivity index (χ2n) is 6.07. The molecule has 158 valence electrons. The molecule has 0 aliphatic heterocycles. The zero-order valence-electron chi connectivity index (χ0n) is 16.5. The summed E-state index contributed by atoms with van der Waals surface area (Å²) in [6.07, 6.45) is -2.67. The summed E-state index contributed by atoms with van der Waals surface area (Å²) in [5.74, 6) is 0.366. The lowest BCUT2D eigenvalue weighted by Crippen LogP contribution is -2.07. The summed E-state index contributed by atoms with van der Waals surface area (Å²) in [7, 11) is 1.53. The summed E-state index contributed by atoms with van der Waals surface area (Å²) in [5, 5.41) is 10.6. The van der Waals surface area contributed by atoms with E-state index in [1.54, 1.807) is 32.0 Å². The standard InChI is InChI=1S/C19H19F2N5O3S/c1-4-29-18(27)16-15(24-26-25-16)11-5-6-14(28-3)12(8-11)9-30-19-22-10(2)7-13(23-19)17(20)21/h5-8,17H,4,9H2,1-3H3,(H,24,25,26). The third-order valence-electron chi connectivity index (χ3n) is 4.00. The average Bonchev–Trinajstić information content (AvgIpc) is 3.22. The van der Waals surface area contributed by atoms with Gasteiger partial charge in [0.2, 0.25) is 0 Å². The molecule has 0 fully saturated rings. The molecule has 11 heteroatoms. The van der Waals surface area contributed by atoms with E-state index in [9.17, 15) is 13.6 Å². The van der Waals surface area contributed by atoms with Crippen LogP contribution in [0.1, 0.15) is 40.8 Å². The zero-order valence-corrected chi connectivity index (χ0v) is 17.3. The average molecular weight is 435 g/mol. The number of thioether (sulfide) groups is 1. The first-order valence-electron chi connectivity index (χ1n) is 8.94. The Balaban J connectivity index is 1.88. The minimum absolute atomic E-state index is 0.0733. The second kappa shape index (κ2) is 9.61. The van der Waals surface area contributed by atoms with E-state index in [1.807, 2.05) is 0 Å². The molecule has 8 nitrogen and oxygen atoms in total. The third kappa shape index (κ3) is 4.90. The van der Waals surface area contributed by atoms with E-state index in [-0.39, 0.29) is 23.2 Å². The molecule has 0 amide bonds. The molecular weight excluding hydrogens is 416 g/mol. The zero-order chi connectivity index (χ0) is 21.7. The minimum atomic E-state index is -2.67. The molecule has 3 rings (SSSR count). The number of esters is 1. The Morgan fingerprint density at radius 2 is 2.03 bits per heavy atom. The third-order valence-corrected chi connectivity index (χ3v) is 4.90. The maximum atomic E-state index is 13.0. The van der Waals surface area contributed by atoms with Gasteiger partial charge in [-0.05, 0) is 38.1 Å². The fraction of sp³-hybridized carbons (Fsp3) is 0.316. The van der Waals surface area contributed by atoms with E-state index < -0.39 is 12.4 Å². The predicted octanol–water partition coefficient (Wildman–Crippen LogP) is 3.99. The number of carbonyl (C=O) groups is 1. The van der Waals surface area contributed by atoms with Gasteiger partial charge in [0.05, 0.1) is 13.7 Å². The topological polar surface area (TPSA) is 103 Å². The van der Waals surface area contributed by atoms with Crippen LogP contribution in [0, 0.1) is 6.92 Å². The molecule has 0 saturated heterocycles. The molecule has 0 radical (unpaired) electrons.